The van der Waals surface area contributed by atoms with E-state index >= 15 is 0 Å². The third kappa shape index (κ3) is 4.92. The van der Waals surface area contributed by atoms with Crippen molar-refractivity contribution in [3.8, 4) is 0 Å². The monoisotopic (exact) mass is 468 g/mol. The molecule has 0 aliphatic carbocycles. The predicted octanol–water partition coefficient (Wildman–Crippen LogP) is 5.35. The van der Waals surface area contributed by atoms with Gasteiger partial charge >= 0.3 is 6.18 Å². The molecule has 0 N–H and O–H groups in total. The summed E-state index contributed by atoms with van der Waals surface area (Å²) in [7, 11) is 0. The minimum atomic E-state index is -4.48. The summed E-state index contributed by atoms with van der Waals surface area (Å²) < 4.78 is 39.7. The van der Waals surface area contributed by atoms with Gasteiger partial charge in [-0.1, -0.05) is 6.92 Å². The number of benzene rings is 1. The fourth-order valence-electron chi connectivity index (χ4n) is 3.94. The van der Waals surface area contributed by atoms with Crippen LogP contribution in [0.3, 0.4) is 0 Å². The van der Waals surface area contributed by atoms with Crippen LogP contribution in [0.25, 0.3) is 0 Å². The molecule has 0 radical (unpaired) electrons. The maximum atomic E-state index is 13.2. The average Bonchev–Trinajstić information content (AvgIpc) is 3.13. The van der Waals surface area contributed by atoms with E-state index in [1.54, 1.807) is 16.2 Å². The molecule has 166 valence electrons. The van der Waals surface area contributed by atoms with Crippen molar-refractivity contribution in [3.63, 3.8) is 0 Å². The Balaban J connectivity index is 1.46. The molecule has 0 fully saturated rings. The summed E-state index contributed by atoms with van der Waals surface area (Å²) in [6.07, 6.45) is -2.93. The molecule has 3 heterocycles. The molecule has 2 aliphatic heterocycles. The Hall–Kier alpha value is -2.00. The Bertz CT molecular complexity index is 989. The van der Waals surface area contributed by atoms with E-state index < -0.39 is 11.7 Å². The maximum absolute atomic E-state index is 13.2. The van der Waals surface area contributed by atoms with Crippen LogP contribution in [0.4, 0.5) is 18.9 Å². The molecule has 9 heteroatoms. The van der Waals surface area contributed by atoms with E-state index in [1.165, 1.54) is 27.6 Å². The Morgan fingerprint density at radius 3 is 2.68 bits per heavy atom. The van der Waals surface area contributed by atoms with E-state index in [2.05, 4.69) is 0 Å². The van der Waals surface area contributed by atoms with E-state index in [4.69, 9.17) is 0 Å². The largest absolute Gasteiger partial charge is 0.416 e. The van der Waals surface area contributed by atoms with Crippen molar-refractivity contribution in [1.82, 2.24) is 4.90 Å². The highest BCUT2D eigenvalue weighted by Gasteiger charge is 2.33. The van der Waals surface area contributed by atoms with E-state index in [9.17, 15) is 22.8 Å². The van der Waals surface area contributed by atoms with Gasteiger partial charge in [-0.3, -0.25) is 9.59 Å². The van der Waals surface area contributed by atoms with Gasteiger partial charge in [-0.05, 0) is 48.1 Å². The number of carbonyl (C=O) groups excluding carboxylic acids is 2. The minimum absolute atomic E-state index is 0.0133. The molecule has 0 spiro atoms. The predicted molar refractivity (Wildman–Crippen MR) is 116 cm³/mol. The van der Waals surface area contributed by atoms with Gasteiger partial charge in [0.2, 0.25) is 11.8 Å². The SMILES string of the molecule is CC1CCN(C(=O)CCC(=O)N2CCc3sccc3C2)c2cc(C(F)(F)F)ccc2S1. The molecule has 2 aromatic rings. The third-order valence-corrected chi connectivity index (χ3v) is 7.94. The number of rotatable bonds is 3. The zero-order valence-corrected chi connectivity index (χ0v) is 18.7. The van der Waals surface area contributed by atoms with Crippen molar-refractivity contribution in [1.29, 1.82) is 0 Å². The summed E-state index contributed by atoms with van der Waals surface area (Å²) in [6, 6.07) is 5.59. The zero-order chi connectivity index (χ0) is 22.2. The van der Waals surface area contributed by atoms with Crippen LogP contribution >= 0.6 is 23.1 Å². The number of nitrogens with zero attached hydrogens (tertiary/aromatic N) is 2. The summed E-state index contributed by atoms with van der Waals surface area (Å²) in [5, 5.41) is 2.20. The highest BCUT2D eigenvalue weighted by atomic mass is 32.2. The lowest BCUT2D eigenvalue weighted by Crippen LogP contribution is -2.37. The lowest BCUT2D eigenvalue weighted by molar-refractivity contribution is -0.137. The first-order valence-corrected chi connectivity index (χ1v) is 12.0. The van der Waals surface area contributed by atoms with Crippen molar-refractivity contribution < 1.29 is 22.8 Å². The number of anilines is 1. The summed E-state index contributed by atoms with van der Waals surface area (Å²) in [5.74, 6) is -0.399. The molecule has 0 saturated heterocycles. The molecule has 31 heavy (non-hydrogen) atoms. The fraction of sp³-hybridized carbons (Fsp3) is 0.455. The molecule has 2 aliphatic rings. The third-order valence-electron chi connectivity index (χ3n) is 5.68. The van der Waals surface area contributed by atoms with Crippen LogP contribution in [0.2, 0.25) is 0 Å². The van der Waals surface area contributed by atoms with Crippen molar-refractivity contribution >= 4 is 40.6 Å². The first-order valence-electron chi connectivity index (χ1n) is 10.2. The van der Waals surface area contributed by atoms with Gasteiger partial charge in [0.25, 0.3) is 0 Å². The molecule has 2 amide bonds. The molecule has 1 atom stereocenters. The molecule has 0 bridgehead atoms. The van der Waals surface area contributed by atoms with Gasteiger partial charge in [0.1, 0.15) is 0 Å². The number of carbonyl (C=O) groups is 2. The molecule has 0 saturated carbocycles. The van der Waals surface area contributed by atoms with Gasteiger partial charge < -0.3 is 9.80 Å². The summed E-state index contributed by atoms with van der Waals surface area (Å²) >= 11 is 3.17. The number of fused-ring (bicyclic) bond motifs is 2. The van der Waals surface area contributed by atoms with E-state index in [0.717, 1.165) is 24.1 Å². The van der Waals surface area contributed by atoms with Gasteiger partial charge in [0.05, 0.1) is 11.3 Å². The number of thiophene rings is 1. The number of hydrogen-bond acceptors (Lipinski definition) is 4. The molecule has 4 nitrogen and oxygen atoms in total. The van der Waals surface area contributed by atoms with E-state index in [-0.39, 0.29) is 29.9 Å². The van der Waals surface area contributed by atoms with Gasteiger partial charge in [-0.15, -0.1) is 23.1 Å². The number of halogens is 3. The van der Waals surface area contributed by atoms with Crippen molar-refractivity contribution in [2.45, 2.75) is 55.5 Å². The van der Waals surface area contributed by atoms with Crippen LogP contribution in [0.15, 0.2) is 34.5 Å². The summed E-state index contributed by atoms with van der Waals surface area (Å²) in [4.78, 5) is 30.8. The summed E-state index contributed by atoms with van der Waals surface area (Å²) in [5.41, 5.74) is 0.681. The molecule has 1 aromatic carbocycles. The summed E-state index contributed by atoms with van der Waals surface area (Å²) in [6.45, 7) is 3.54. The molecule has 1 unspecified atom stereocenters. The quantitative estimate of drug-likeness (QED) is 0.610. The molecular formula is C22H23F3N2O2S2. The second kappa shape index (κ2) is 8.86. The number of amides is 2. The van der Waals surface area contributed by atoms with Crippen LogP contribution in [0, 0.1) is 0 Å². The number of hydrogen-bond donors (Lipinski definition) is 0. The number of thioether (sulfide) groups is 1. The minimum Gasteiger partial charge on any atom is -0.338 e. The van der Waals surface area contributed by atoms with Crippen LogP contribution in [0.5, 0.6) is 0 Å². The normalized spacial score (nSPS) is 18.9. The van der Waals surface area contributed by atoms with Crippen molar-refractivity contribution in [3.05, 3.63) is 45.6 Å². The second-order valence-electron chi connectivity index (χ2n) is 7.88. The smallest absolute Gasteiger partial charge is 0.338 e. The lowest BCUT2D eigenvalue weighted by atomic mass is 10.1. The Morgan fingerprint density at radius 2 is 1.90 bits per heavy atom. The van der Waals surface area contributed by atoms with Gasteiger partial charge in [-0.2, -0.15) is 13.2 Å². The molecule has 1 aromatic heterocycles. The van der Waals surface area contributed by atoms with Crippen LogP contribution in [-0.2, 0) is 28.7 Å². The lowest BCUT2D eigenvalue weighted by Gasteiger charge is -2.28. The zero-order valence-electron chi connectivity index (χ0n) is 17.1. The highest BCUT2D eigenvalue weighted by molar-refractivity contribution is 8.00. The Morgan fingerprint density at radius 1 is 1.13 bits per heavy atom. The van der Waals surface area contributed by atoms with Crippen molar-refractivity contribution in [2.75, 3.05) is 18.0 Å². The van der Waals surface area contributed by atoms with Gasteiger partial charge in [0.15, 0.2) is 0 Å². The fourth-order valence-corrected chi connectivity index (χ4v) is 5.92. The van der Waals surface area contributed by atoms with E-state index in [1.807, 2.05) is 18.4 Å². The maximum Gasteiger partial charge on any atom is 0.416 e. The standard InChI is InChI=1S/C22H23F3N2O2S2/c1-14-6-10-27(17-12-16(22(23,24)25)2-3-19(17)31-14)21(29)5-4-20(28)26-9-7-18-15(13-26)8-11-30-18/h2-3,8,11-12,14H,4-7,9-10,13H2,1H3. The van der Waals surface area contributed by atoms with Gasteiger partial charge in [0, 0.05) is 47.5 Å². The van der Waals surface area contributed by atoms with Gasteiger partial charge in [-0.25, -0.2) is 0 Å². The van der Waals surface area contributed by atoms with Crippen LogP contribution in [0.1, 0.15) is 42.2 Å². The first-order chi connectivity index (χ1) is 14.7. The highest BCUT2D eigenvalue weighted by Crippen LogP contribution is 2.41. The van der Waals surface area contributed by atoms with Crippen LogP contribution < -0.4 is 4.90 Å². The van der Waals surface area contributed by atoms with Crippen molar-refractivity contribution in [2.24, 2.45) is 0 Å². The molecular weight excluding hydrogens is 445 g/mol. The topological polar surface area (TPSA) is 40.6 Å². The second-order valence-corrected chi connectivity index (χ2v) is 10.4. The number of alkyl halides is 3. The Kier molecular flexibility index (Phi) is 6.35. The first kappa shape index (κ1) is 22.2. The van der Waals surface area contributed by atoms with Crippen LogP contribution in [-0.4, -0.2) is 35.1 Å². The van der Waals surface area contributed by atoms with E-state index in [0.29, 0.717) is 36.6 Å². The Labute approximate surface area is 187 Å². The average molecular weight is 469 g/mol. The molecule has 4 rings (SSSR count).